The highest BCUT2D eigenvalue weighted by atomic mass is 16.6. The molecule has 4 aliphatic carbocycles. The summed E-state index contributed by atoms with van der Waals surface area (Å²) in [5.41, 5.74) is -3.49. The van der Waals surface area contributed by atoms with Crippen LogP contribution in [0.2, 0.25) is 0 Å². The van der Waals surface area contributed by atoms with Crippen molar-refractivity contribution in [3.05, 3.63) is 24.3 Å². The number of carboxylic acids is 1. The molecule has 4 fully saturated rings. The molecule has 1 spiro atoms. The minimum atomic E-state index is -1.31. The highest BCUT2D eigenvalue weighted by Gasteiger charge is 2.82. The number of carbonyl (C=O) groups excluding carboxylic acids is 2. The number of aliphatic carboxylic acids is 1. The van der Waals surface area contributed by atoms with Crippen molar-refractivity contribution in [1.82, 2.24) is 0 Å². The van der Waals surface area contributed by atoms with E-state index >= 15 is 0 Å². The van der Waals surface area contributed by atoms with E-state index in [0.717, 1.165) is 0 Å². The average Bonchev–Trinajstić information content (AvgIpc) is 2.95. The smallest absolute Gasteiger partial charge is 0.316 e. The van der Waals surface area contributed by atoms with Gasteiger partial charge in [0.05, 0.1) is 11.7 Å². The van der Waals surface area contributed by atoms with Crippen molar-refractivity contribution >= 4 is 11.9 Å². The van der Waals surface area contributed by atoms with Crippen LogP contribution in [-0.4, -0.2) is 39.5 Å². The first-order valence-electron chi connectivity index (χ1n) is 8.84. The van der Waals surface area contributed by atoms with Gasteiger partial charge in [-0.3, -0.25) is 4.79 Å². The van der Waals surface area contributed by atoms with Gasteiger partial charge in [0.25, 0.3) is 0 Å². The minimum Gasteiger partial charge on any atom is -0.550 e. The topological polar surface area (TPSA) is 107 Å². The van der Waals surface area contributed by atoms with Gasteiger partial charge in [0.2, 0.25) is 0 Å². The van der Waals surface area contributed by atoms with Crippen LogP contribution in [0.1, 0.15) is 32.6 Å². The van der Waals surface area contributed by atoms with Crippen molar-refractivity contribution in [3.8, 4) is 0 Å². The van der Waals surface area contributed by atoms with Gasteiger partial charge in [-0.05, 0) is 49.7 Å². The monoisotopic (exact) mass is 345 g/mol. The average molecular weight is 345 g/mol. The lowest BCUT2D eigenvalue weighted by molar-refractivity contribution is -0.318. The van der Waals surface area contributed by atoms with Crippen molar-refractivity contribution in [2.24, 2.45) is 28.6 Å². The fourth-order valence-electron chi connectivity index (χ4n) is 7.11. The summed E-state index contributed by atoms with van der Waals surface area (Å²) in [5, 5.41) is 33.7. The van der Waals surface area contributed by atoms with Gasteiger partial charge < -0.3 is 24.9 Å². The van der Waals surface area contributed by atoms with E-state index in [0.29, 0.717) is 31.3 Å². The molecule has 0 aromatic heterocycles. The van der Waals surface area contributed by atoms with Gasteiger partial charge >= 0.3 is 5.97 Å². The largest absolute Gasteiger partial charge is 0.550 e. The molecule has 1 aliphatic heterocycles. The molecule has 134 valence electrons. The summed E-state index contributed by atoms with van der Waals surface area (Å²) in [6.07, 6.45) is 3.91. The van der Waals surface area contributed by atoms with Crippen LogP contribution in [0.3, 0.4) is 0 Å². The fourth-order valence-corrected chi connectivity index (χ4v) is 7.11. The number of esters is 1. The van der Waals surface area contributed by atoms with Gasteiger partial charge in [-0.1, -0.05) is 12.7 Å². The summed E-state index contributed by atoms with van der Waals surface area (Å²) in [7, 11) is 0. The van der Waals surface area contributed by atoms with E-state index in [2.05, 4.69) is 6.58 Å². The van der Waals surface area contributed by atoms with E-state index in [1.807, 2.05) is 0 Å². The van der Waals surface area contributed by atoms with Crippen LogP contribution in [0.15, 0.2) is 24.3 Å². The standard InChI is InChI=1S/C19H22O6/c1-9-7-17-8-18(9,24)5-3-10(17)19-6-4-11(20)16(2,15(23)25-19)13(19)12(17)14(21)22/h4,6,10-13,20,24H,1,3,5,7-8H2,2H3,(H,21,22)/p-1/t10-,11+,12-,13-,16+,17+,18+,19-/m1/s1. The lowest BCUT2D eigenvalue weighted by Crippen LogP contribution is -2.53. The predicted molar refractivity (Wildman–Crippen MR) is 82.5 cm³/mol. The van der Waals surface area contributed by atoms with Crippen molar-refractivity contribution in [2.45, 2.75) is 49.9 Å². The van der Waals surface area contributed by atoms with E-state index in [-0.39, 0.29) is 5.92 Å². The van der Waals surface area contributed by atoms with E-state index in [9.17, 15) is 24.9 Å². The molecule has 8 atom stereocenters. The molecule has 4 bridgehead atoms. The highest BCUT2D eigenvalue weighted by Crippen LogP contribution is 2.77. The SMILES string of the molecule is C=C1C[C@]23C[C@@]1(O)CC[C@H]2[C@@]12C=C[C@H](O)[C@](C)(C(=O)O1)[C@H]2[C@@H]3C(=O)[O-]. The molecule has 0 aromatic carbocycles. The van der Waals surface area contributed by atoms with Gasteiger partial charge in [0.1, 0.15) is 11.0 Å². The Balaban J connectivity index is 1.78. The number of aliphatic hydroxyl groups is 2. The van der Waals surface area contributed by atoms with Crippen molar-refractivity contribution in [1.29, 1.82) is 0 Å². The molecule has 6 nitrogen and oxygen atoms in total. The summed E-state index contributed by atoms with van der Waals surface area (Å²) in [4.78, 5) is 24.9. The molecular weight excluding hydrogens is 324 g/mol. The van der Waals surface area contributed by atoms with E-state index in [1.165, 1.54) is 0 Å². The summed E-state index contributed by atoms with van der Waals surface area (Å²) < 4.78 is 5.85. The Morgan fingerprint density at radius 3 is 2.88 bits per heavy atom. The first-order valence-corrected chi connectivity index (χ1v) is 8.84. The maximum absolute atomic E-state index is 12.7. The molecule has 1 saturated heterocycles. The van der Waals surface area contributed by atoms with Crippen LogP contribution in [0.5, 0.6) is 0 Å². The zero-order valence-electron chi connectivity index (χ0n) is 14.0. The van der Waals surface area contributed by atoms with Crippen molar-refractivity contribution < 1.29 is 29.6 Å². The molecule has 0 unspecified atom stereocenters. The molecule has 25 heavy (non-hydrogen) atoms. The second-order valence-corrected chi connectivity index (χ2v) is 8.92. The van der Waals surface area contributed by atoms with E-state index in [4.69, 9.17) is 4.74 Å². The lowest BCUT2D eigenvalue weighted by Gasteiger charge is -2.45. The number of carboxylic acid groups (broad SMARTS) is 1. The number of hydrogen-bond donors (Lipinski definition) is 2. The molecule has 3 saturated carbocycles. The van der Waals surface area contributed by atoms with Crippen LogP contribution in [0, 0.1) is 28.6 Å². The molecule has 0 radical (unpaired) electrons. The first-order chi connectivity index (χ1) is 11.6. The van der Waals surface area contributed by atoms with Crippen LogP contribution in [0.25, 0.3) is 0 Å². The fraction of sp³-hybridized carbons (Fsp3) is 0.684. The molecule has 5 aliphatic rings. The van der Waals surface area contributed by atoms with Crippen LogP contribution in [-0.2, 0) is 14.3 Å². The first kappa shape index (κ1) is 15.6. The molecule has 2 N–H and O–H groups in total. The van der Waals surface area contributed by atoms with E-state index < -0.39 is 51.9 Å². The quantitative estimate of drug-likeness (QED) is 0.499. The van der Waals surface area contributed by atoms with Crippen LogP contribution in [0.4, 0.5) is 0 Å². The second-order valence-electron chi connectivity index (χ2n) is 8.92. The maximum Gasteiger partial charge on any atom is 0.316 e. The summed E-state index contributed by atoms with van der Waals surface area (Å²) >= 11 is 0. The Morgan fingerprint density at radius 1 is 1.48 bits per heavy atom. The number of fused-ring (bicyclic) bond motifs is 1. The highest BCUT2D eigenvalue weighted by molar-refractivity contribution is 5.86. The Hall–Kier alpha value is -1.66. The summed E-state index contributed by atoms with van der Waals surface area (Å²) in [5.74, 6) is -3.67. The van der Waals surface area contributed by atoms with Gasteiger partial charge in [-0.2, -0.15) is 0 Å². The number of ether oxygens (including phenoxy) is 1. The normalized spacial score (nSPS) is 58.0. The Bertz CT molecular complexity index is 772. The third kappa shape index (κ3) is 1.36. The lowest BCUT2D eigenvalue weighted by atomic mass is 9.61. The number of carbonyl (C=O) groups is 2. The third-order valence-corrected chi connectivity index (χ3v) is 8.11. The Labute approximate surface area is 145 Å². The van der Waals surface area contributed by atoms with E-state index in [1.54, 1.807) is 19.1 Å². The van der Waals surface area contributed by atoms with Crippen LogP contribution >= 0.6 is 0 Å². The zero-order valence-corrected chi connectivity index (χ0v) is 14.0. The van der Waals surface area contributed by atoms with Crippen LogP contribution < -0.4 is 5.11 Å². The molecule has 0 amide bonds. The second kappa shape index (κ2) is 4.01. The summed E-state index contributed by atoms with van der Waals surface area (Å²) in [6, 6.07) is 0. The molecule has 0 aromatic rings. The van der Waals surface area contributed by atoms with Crippen molar-refractivity contribution in [3.63, 3.8) is 0 Å². The minimum absolute atomic E-state index is 0.220. The predicted octanol–water partition coefficient (Wildman–Crippen LogP) is -0.308. The van der Waals surface area contributed by atoms with Gasteiger partial charge in [-0.25, -0.2) is 0 Å². The van der Waals surface area contributed by atoms with Gasteiger partial charge in [0, 0.05) is 23.7 Å². The number of rotatable bonds is 1. The zero-order chi connectivity index (χ0) is 18.0. The number of aliphatic hydroxyl groups excluding tert-OH is 1. The molecular formula is C19H21O6-. The maximum atomic E-state index is 12.7. The third-order valence-electron chi connectivity index (χ3n) is 8.11. The van der Waals surface area contributed by atoms with Gasteiger partial charge in [0.15, 0.2) is 0 Å². The Morgan fingerprint density at radius 2 is 2.20 bits per heavy atom. The molecule has 1 heterocycles. The number of hydrogen-bond acceptors (Lipinski definition) is 6. The summed E-state index contributed by atoms with van der Waals surface area (Å²) in [6.45, 7) is 5.60. The molecule has 5 rings (SSSR count). The van der Waals surface area contributed by atoms with Gasteiger partial charge in [-0.15, -0.1) is 0 Å². The Kier molecular flexibility index (Phi) is 2.50. The van der Waals surface area contributed by atoms with Crippen molar-refractivity contribution in [2.75, 3.05) is 0 Å². The molecule has 6 heteroatoms.